The number of nitrogens with zero attached hydrogens (tertiary/aromatic N) is 3. The van der Waals surface area contributed by atoms with Gasteiger partial charge in [0.15, 0.2) is 0 Å². The van der Waals surface area contributed by atoms with Crippen molar-refractivity contribution in [2.75, 3.05) is 96.1 Å². The van der Waals surface area contributed by atoms with Gasteiger partial charge in [-0.25, -0.2) is 0 Å². The summed E-state index contributed by atoms with van der Waals surface area (Å²) < 4.78 is 18.7. The van der Waals surface area contributed by atoms with Crippen LogP contribution in [0.2, 0.25) is 0 Å². The average Bonchev–Trinajstić information content (AvgIpc) is 1.61. The van der Waals surface area contributed by atoms with Crippen LogP contribution in [-0.2, 0) is 109 Å². The number of hydrogen-bond donors (Lipinski definition) is 7. The maximum absolute atomic E-state index is 12.8. The number of fused-ring (bicyclic) bond motifs is 5. The van der Waals surface area contributed by atoms with Crippen LogP contribution in [0.15, 0.2) is 121 Å². The van der Waals surface area contributed by atoms with Crippen molar-refractivity contribution in [1.29, 1.82) is 0 Å². The molecule has 0 atom stereocenters. The number of amides is 7. The third-order valence-electron chi connectivity index (χ3n) is 16.3. The Morgan fingerprint density at radius 2 is 0.670 bits per heavy atom. The molecule has 5 aromatic rings. The van der Waals surface area contributed by atoms with Gasteiger partial charge < -0.3 is 70.9 Å². The van der Waals surface area contributed by atoms with Gasteiger partial charge in [0.2, 0.25) is 41.4 Å². The number of carbonyl (C=O) groups excluding carboxylic acids is 11. The second kappa shape index (κ2) is 45.1. The predicted octanol–water partition coefficient (Wildman–Crippen LogP) is 8.94. The van der Waals surface area contributed by atoms with Gasteiger partial charge in [0.05, 0.1) is 95.0 Å². The van der Waals surface area contributed by atoms with Crippen molar-refractivity contribution in [3.05, 3.63) is 149 Å². The van der Waals surface area contributed by atoms with Crippen LogP contribution >= 0.6 is 0 Å². The van der Waals surface area contributed by atoms with Gasteiger partial charge in [-0.3, -0.25) is 62.3 Å². The highest BCUT2D eigenvalue weighted by atomic mass is 16.5. The number of para-hydroxylation sites is 5. The Bertz CT molecular complexity index is 3500. The highest BCUT2D eigenvalue weighted by Gasteiger charge is 2.55. The van der Waals surface area contributed by atoms with Gasteiger partial charge in [-0.15, -0.1) is 0 Å². The molecular weight excluding hydrogens is 1330 g/mol. The number of rotatable bonds is 16. The zero-order valence-corrected chi connectivity index (χ0v) is 63.2. The molecule has 5 heterocycles. The molecule has 5 aliphatic rings. The molecule has 27 heteroatoms. The number of nitrogens with one attached hydrogen (secondary N) is 4. The summed E-state index contributed by atoms with van der Waals surface area (Å²) in [5.41, 5.74) is 6.45. The molecule has 10 rings (SSSR count). The van der Waals surface area contributed by atoms with Gasteiger partial charge in [0.25, 0.3) is 0 Å². The Labute approximate surface area is 604 Å². The van der Waals surface area contributed by atoms with E-state index < -0.39 is 82.1 Å². The van der Waals surface area contributed by atoms with Crippen molar-refractivity contribution in [3.8, 4) is 0 Å². The van der Waals surface area contributed by atoms with Crippen molar-refractivity contribution < 1.29 is 91.5 Å². The Balaban J connectivity index is 0.00000123. The molecule has 0 saturated carbocycles. The second-order valence-corrected chi connectivity index (χ2v) is 21.7. The predicted molar refractivity (Wildman–Crippen MR) is 395 cm³/mol. The van der Waals surface area contributed by atoms with Crippen LogP contribution in [0, 0.1) is 0 Å². The van der Waals surface area contributed by atoms with E-state index in [-0.39, 0.29) is 68.1 Å². The Morgan fingerprint density at radius 3 is 0.981 bits per heavy atom. The molecule has 0 radical (unpaired) electrons. The summed E-state index contributed by atoms with van der Waals surface area (Å²) in [6, 6.07) is 35.8. The number of esters is 4. The molecule has 0 bridgehead atoms. The van der Waals surface area contributed by atoms with E-state index in [4.69, 9.17) is 10.2 Å². The zero-order chi connectivity index (χ0) is 79.2. The maximum Gasteiger partial charge on any atom is 0.306 e. The van der Waals surface area contributed by atoms with E-state index >= 15 is 0 Å². The zero-order valence-electron chi connectivity index (χ0n) is 63.2. The lowest BCUT2D eigenvalue weighted by Crippen LogP contribution is -2.45. The van der Waals surface area contributed by atoms with Gasteiger partial charge in [0, 0.05) is 76.5 Å². The number of ether oxygens (including phenoxy) is 4. The highest BCUT2D eigenvalue weighted by Crippen LogP contribution is 2.49. The molecule has 5 aromatic carbocycles. The number of carboxylic acids is 2. The third kappa shape index (κ3) is 22.3. The minimum atomic E-state index is -1.51. The molecule has 27 nitrogen and oxygen atoms in total. The fourth-order valence-electron chi connectivity index (χ4n) is 11.8. The SMILES string of the molecule is CC.CC.CC.CC.CC.CN.CN1C(=O)C(CC(=O)O)(CC(=O)O)c2ccccc21.CNC(=O)CC1(CC(=O)NC)C(=O)N(C)c2ccccc21.COC(=O)CC1(CC(=O)OC)C(=O)N(C)c2ccccc21.COC(=O)CC1(CC(=O)OC)C(=O)Nc2ccccc21.O=C1Cc2ccccc2N1. The lowest BCUT2D eigenvalue weighted by molar-refractivity contribution is -0.149. The molecule has 0 fully saturated rings. The standard InChI is InChI=1S/C15H19N3O3.C15H17NO5.C14H15NO5.C13H13NO5.C8H7NO.5C2H6.CH5N/c1-16-12(19)8-15(9-13(20)17-2)10-6-4-5-7-11(10)18(3)14(15)21;1-16-11-7-5-4-6-10(11)15(14(16)19,8-12(17)20-2)9-13(18)21-3;1-19-11(16)7-14(8-12(17)20-2)9-5-3-4-6-10(9)15-13(14)18;1-14-9-5-3-2-4-8(9)13(12(14)19,6-10(15)16)7-11(17)18;10-8-5-6-3-1-2-4-7(6)9-8;6*1-2/h4-7H,8-9H2,1-3H3,(H,16,19)(H,17,20);4-7H,8-9H2,1-3H3;3-6H,7-8H2,1-2H3,(H,15,18);2-5H,6-7H2,1H3,(H,15,16)(H,17,18);1-4H,5H2,(H,9,10);5*1-2H3;2H2,1H3. The first-order chi connectivity index (χ1) is 49.2. The molecule has 0 spiro atoms. The van der Waals surface area contributed by atoms with Gasteiger partial charge in [-0.2, -0.15) is 0 Å². The lowest BCUT2D eigenvalue weighted by atomic mass is 9.75. The summed E-state index contributed by atoms with van der Waals surface area (Å²) in [4.78, 5) is 158. The summed E-state index contributed by atoms with van der Waals surface area (Å²) in [5.74, 6) is -6.44. The van der Waals surface area contributed by atoms with Crippen LogP contribution in [-0.4, -0.2) is 158 Å². The van der Waals surface area contributed by atoms with Crippen molar-refractivity contribution in [2.45, 2.75) is 149 Å². The van der Waals surface area contributed by atoms with E-state index in [0.717, 1.165) is 22.5 Å². The van der Waals surface area contributed by atoms with E-state index in [1.54, 1.807) is 86.9 Å². The molecule has 0 saturated heterocycles. The molecule has 564 valence electrons. The highest BCUT2D eigenvalue weighted by molar-refractivity contribution is 6.14. The van der Waals surface area contributed by atoms with E-state index in [1.807, 2.05) is 118 Å². The number of hydrogen-bond acceptors (Lipinski definition) is 18. The summed E-state index contributed by atoms with van der Waals surface area (Å²) in [7, 11) is 14.3. The number of aliphatic carboxylic acids is 2. The van der Waals surface area contributed by atoms with Gasteiger partial charge in [-0.05, 0) is 65.2 Å². The van der Waals surface area contributed by atoms with Crippen LogP contribution in [0.1, 0.15) is 148 Å². The van der Waals surface area contributed by atoms with Crippen molar-refractivity contribution in [2.24, 2.45) is 5.73 Å². The molecule has 0 aliphatic carbocycles. The molecule has 5 aliphatic heterocycles. The van der Waals surface area contributed by atoms with Crippen LogP contribution in [0.4, 0.5) is 28.4 Å². The minimum absolute atomic E-state index is 0.0445. The normalized spacial score (nSPS) is 14.1. The van der Waals surface area contributed by atoms with Crippen molar-refractivity contribution >= 4 is 106 Å². The largest absolute Gasteiger partial charge is 0.481 e. The number of benzene rings is 5. The summed E-state index contributed by atoms with van der Waals surface area (Å²) in [5, 5.41) is 28.6. The summed E-state index contributed by atoms with van der Waals surface area (Å²) >= 11 is 0. The number of likely N-dealkylation sites (N-methyl/N-ethyl adjacent to an activating group) is 3. The number of carboxylic acid groups (broad SMARTS) is 2. The topological polar surface area (TPSA) is 383 Å². The quantitative estimate of drug-likeness (QED) is 0.0358. The Morgan fingerprint density at radius 1 is 0.398 bits per heavy atom. The van der Waals surface area contributed by atoms with Crippen LogP contribution < -0.4 is 41.7 Å². The second-order valence-electron chi connectivity index (χ2n) is 21.7. The van der Waals surface area contributed by atoms with E-state index in [2.05, 4.69) is 45.9 Å². The molecule has 0 aromatic heterocycles. The van der Waals surface area contributed by atoms with Crippen LogP contribution in [0.5, 0.6) is 0 Å². The first-order valence-corrected chi connectivity index (χ1v) is 33.8. The van der Waals surface area contributed by atoms with Gasteiger partial charge in [0.1, 0.15) is 0 Å². The van der Waals surface area contributed by atoms with E-state index in [0.29, 0.717) is 40.2 Å². The molecule has 0 unspecified atom stereocenters. The Hall–Kier alpha value is -10.8. The number of carbonyl (C=O) groups is 13. The monoisotopic (exact) mass is 1430 g/mol. The van der Waals surface area contributed by atoms with E-state index in [1.165, 1.54) is 71.3 Å². The first kappa shape index (κ1) is 92.2. The summed E-state index contributed by atoms with van der Waals surface area (Å²) in [6.07, 6.45) is -1.41. The lowest BCUT2D eigenvalue weighted by Gasteiger charge is -2.26. The Kier molecular flexibility index (Phi) is 40.4. The average molecular weight is 1440 g/mol. The van der Waals surface area contributed by atoms with Crippen molar-refractivity contribution in [1.82, 2.24) is 10.6 Å². The van der Waals surface area contributed by atoms with Gasteiger partial charge >= 0.3 is 35.8 Å². The first-order valence-electron chi connectivity index (χ1n) is 33.8. The van der Waals surface area contributed by atoms with Gasteiger partial charge in [-0.1, -0.05) is 160 Å². The number of anilines is 5. The fraction of sp³-hybridized carbons (Fsp3) is 0.434. The molecule has 8 N–H and O–H groups in total. The van der Waals surface area contributed by atoms with E-state index in [9.17, 15) is 62.3 Å². The van der Waals surface area contributed by atoms with Crippen molar-refractivity contribution in [3.63, 3.8) is 0 Å². The number of methoxy groups -OCH3 is 4. The van der Waals surface area contributed by atoms with Crippen LogP contribution in [0.3, 0.4) is 0 Å². The fourth-order valence-corrected chi connectivity index (χ4v) is 11.8. The number of nitrogens with two attached hydrogens (primary N) is 1. The third-order valence-corrected chi connectivity index (χ3v) is 16.3. The van der Waals surface area contributed by atoms with Crippen LogP contribution in [0.25, 0.3) is 0 Å². The molecular formula is C76H106N8O19. The smallest absolute Gasteiger partial charge is 0.306 e. The molecule has 7 amide bonds. The molecule has 103 heavy (non-hydrogen) atoms. The summed E-state index contributed by atoms with van der Waals surface area (Å²) in [6.45, 7) is 20.0. The maximum atomic E-state index is 12.8. The minimum Gasteiger partial charge on any atom is -0.481 e.